The second kappa shape index (κ2) is 7.68. The molecule has 2 aromatic carbocycles. The number of hydrogen-bond donors (Lipinski definition) is 1. The number of carbonyl (C=O) groups excluding carboxylic acids is 1. The van der Waals surface area contributed by atoms with Crippen LogP contribution in [0.2, 0.25) is 0 Å². The van der Waals surface area contributed by atoms with Gasteiger partial charge in [-0.15, -0.1) is 0 Å². The van der Waals surface area contributed by atoms with E-state index in [4.69, 9.17) is 9.47 Å². The predicted molar refractivity (Wildman–Crippen MR) is 110 cm³/mol. The van der Waals surface area contributed by atoms with E-state index in [2.05, 4.69) is 4.72 Å². The molecular weight excluding hydrogens is 392 g/mol. The van der Waals surface area contributed by atoms with Crippen LogP contribution in [-0.4, -0.2) is 40.7 Å². The van der Waals surface area contributed by atoms with Crippen molar-refractivity contribution in [2.45, 2.75) is 37.2 Å². The fourth-order valence-electron chi connectivity index (χ4n) is 3.90. The van der Waals surface area contributed by atoms with Crippen molar-refractivity contribution < 1.29 is 22.7 Å². The van der Waals surface area contributed by atoms with Gasteiger partial charge in [-0.3, -0.25) is 9.52 Å². The van der Waals surface area contributed by atoms with Crippen LogP contribution >= 0.6 is 0 Å². The van der Waals surface area contributed by atoms with Gasteiger partial charge in [0.25, 0.3) is 15.9 Å². The monoisotopic (exact) mass is 416 g/mol. The van der Waals surface area contributed by atoms with Crippen LogP contribution in [0.15, 0.2) is 41.3 Å². The van der Waals surface area contributed by atoms with Crippen LogP contribution in [-0.2, 0) is 26.0 Å². The lowest BCUT2D eigenvalue weighted by Gasteiger charge is -2.21. The van der Waals surface area contributed by atoms with Gasteiger partial charge in [0.05, 0.1) is 12.0 Å². The van der Waals surface area contributed by atoms with Crippen LogP contribution < -0.4 is 14.4 Å². The molecule has 29 heavy (non-hydrogen) atoms. The van der Waals surface area contributed by atoms with E-state index in [1.807, 2.05) is 0 Å². The third-order valence-corrected chi connectivity index (χ3v) is 6.91. The largest absolute Gasteiger partial charge is 0.497 e. The lowest BCUT2D eigenvalue weighted by molar-refractivity contribution is -0.127. The highest BCUT2D eigenvalue weighted by atomic mass is 32.2. The normalized spacial score (nSPS) is 18.6. The number of ether oxygens (including phenoxy) is 2. The number of aryl methyl sites for hydroxylation is 1. The minimum atomic E-state index is -3.74. The molecule has 2 heterocycles. The SMILES string of the molecule is COc1ccc(S(=O)(=O)Nc2ccc3c(c2)CCN3C(=O)C2CCCO2)c(C)c1. The van der Waals surface area contributed by atoms with Gasteiger partial charge >= 0.3 is 0 Å². The first-order valence-electron chi connectivity index (χ1n) is 9.62. The molecule has 0 spiro atoms. The van der Waals surface area contributed by atoms with E-state index in [-0.39, 0.29) is 16.9 Å². The highest BCUT2D eigenvalue weighted by Crippen LogP contribution is 2.33. The second-order valence-corrected chi connectivity index (χ2v) is 8.97. The summed E-state index contributed by atoms with van der Waals surface area (Å²) in [6, 6.07) is 10.1. The minimum absolute atomic E-state index is 0.0107. The summed E-state index contributed by atoms with van der Waals surface area (Å²) in [4.78, 5) is 14.6. The summed E-state index contributed by atoms with van der Waals surface area (Å²) in [6.07, 6.45) is 1.98. The van der Waals surface area contributed by atoms with Gasteiger partial charge < -0.3 is 14.4 Å². The van der Waals surface area contributed by atoms with Gasteiger partial charge in [-0.05, 0) is 73.7 Å². The molecule has 0 radical (unpaired) electrons. The van der Waals surface area contributed by atoms with Crippen LogP contribution in [0.25, 0.3) is 0 Å². The fraction of sp³-hybridized carbons (Fsp3) is 0.381. The molecule has 1 saturated heterocycles. The van der Waals surface area contributed by atoms with E-state index in [0.717, 1.165) is 24.1 Å². The maximum atomic E-state index is 12.8. The van der Waals surface area contributed by atoms with E-state index in [1.165, 1.54) is 6.07 Å². The summed E-state index contributed by atoms with van der Waals surface area (Å²) >= 11 is 0. The minimum Gasteiger partial charge on any atom is -0.497 e. The predicted octanol–water partition coefficient (Wildman–Crippen LogP) is 2.87. The van der Waals surface area contributed by atoms with Crippen LogP contribution in [0, 0.1) is 6.92 Å². The zero-order chi connectivity index (χ0) is 20.6. The Morgan fingerprint density at radius 1 is 1.24 bits per heavy atom. The summed E-state index contributed by atoms with van der Waals surface area (Å²) in [5.41, 5.74) is 2.86. The van der Waals surface area contributed by atoms with E-state index in [9.17, 15) is 13.2 Å². The average Bonchev–Trinajstić information content (AvgIpc) is 3.36. The Kier molecular flexibility index (Phi) is 5.23. The Balaban J connectivity index is 1.54. The Bertz CT molecular complexity index is 1050. The maximum Gasteiger partial charge on any atom is 0.262 e. The Morgan fingerprint density at radius 3 is 2.76 bits per heavy atom. The van der Waals surface area contributed by atoms with Crippen LogP contribution in [0.4, 0.5) is 11.4 Å². The highest BCUT2D eigenvalue weighted by molar-refractivity contribution is 7.92. The zero-order valence-corrected chi connectivity index (χ0v) is 17.3. The number of nitrogens with zero attached hydrogens (tertiary/aromatic N) is 1. The number of anilines is 2. The van der Waals surface area contributed by atoms with Gasteiger partial charge in [0.2, 0.25) is 0 Å². The number of fused-ring (bicyclic) bond motifs is 1. The molecule has 2 aromatic rings. The first-order valence-corrected chi connectivity index (χ1v) is 11.1. The number of methoxy groups -OCH3 is 1. The van der Waals surface area contributed by atoms with Crippen LogP contribution in [0.1, 0.15) is 24.0 Å². The van der Waals surface area contributed by atoms with E-state index in [0.29, 0.717) is 36.6 Å². The third-order valence-electron chi connectivity index (χ3n) is 5.37. The Labute approximate surface area is 170 Å². The number of hydrogen-bond acceptors (Lipinski definition) is 5. The lowest BCUT2D eigenvalue weighted by Crippen LogP contribution is -2.37. The summed E-state index contributed by atoms with van der Waals surface area (Å²) in [5, 5.41) is 0. The van der Waals surface area contributed by atoms with Crippen molar-refractivity contribution in [3.8, 4) is 5.75 Å². The molecule has 2 aliphatic rings. The van der Waals surface area contributed by atoms with Gasteiger partial charge in [-0.25, -0.2) is 8.42 Å². The van der Waals surface area contributed by atoms with Crippen molar-refractivity contribution in [1.29, 1.82) is 0 Å². The molecule has 1 amide bonds. The van der Waals surface area contributed by atoms with Gasteiger partial charge in [-0.1, -0.05) is 0 Å². The number of rotatable bonds is 5. The maximum absolute atomic E-state index is 12.8. The smallest absolute Gasteiger partial charge is 0.262 e. The number of sulfonamides is 1. The van der Waals surface area contributed by atoms with Gasteiger partial charge in [0, 0.05) is 24.5 Å². The quantitative estimate of drug-likeness (QED) is 0.810. The number of benzene rings is 2. The molecule has 0 saturated carbocycles. The molecule has 1 atom stereocenters. The van der Waals surface area contributed by atoms with Crippen molar-refractivity contribution >= 4 is 27.3 Å². The topological polar surface area (TPSA) is 84.9 Å². The summed E-state index contributed by atoms with van der Waals surface area (Å²) in [7, 11) is -2.20. The van der Waals surface area contributed by atoms with E-state index in [1.54, 1.807) is 49.3 Å². The van der Waals surface area contributed by atoms with Crippen molar-refractivity contribution in [3.63, 3.8) is 0 Å². The number of carbonyl (C=O) groups is 1. The molecule has 1 fully saturated rings. The molecule has 0 aliphatic carbocycles. The molecule has 4 rings (SSSR count). The first-order chi connectivity index (χ1) is 13.9. The zero-order valence-electron chi connectivity index (χ0n) is 16.5. The Hall–Kier alpha value is -2.58. The molecule has 1 N–H and O–H groups in total. The summed E-state index contributed by atoms with van der Waals surface area (Å²) < 4.78 is 39.0. The molecule has 154 valence electrons. The van der Waals surface area contributed by atoms with Gasteiger partial charge in [0.15, 0.2) is 0 Å². The first kappa shape index (κ1) is 19.7. The van der Waals surface area contributed by atoms with Gasteiger partial charge in [0.1, 0.15) is 11.9 Å². The third kappa shape index (κ3) is 3.82. The second-order valence-electron chi connectivity index (χ2n) is 7.32. The average molecular weight is 416 g/mol. The van der Waals surface area contributed by atoms with E-state index >= 15 is 0 Å². The van der Waals surface area contributed by atoms with Crippen molar-refractivity contribution in [1.82, 2.24) is 0 Å². The molecule has 8 heteroatoms. The van der Waals surface area contributed by atoms with Crippen LogP contribution in [0.5, 0.6) is 5.75 Å². The van der Waals surface area contributed by atoms with Crippen molar-refractivity contribution in [2.75, 3.05) is 29.9 Å². The van der Waals surface area contributed by atoms with Crippen LogP contribution in [0.3, 0.4) is 0 Å². The van der Waals surface area contributed by atoms with E-state index < -0.39 is 10.0 Å². The molecule has 1 unspecified atom stereocenters. The molecule has 0 aromatic heterocycles. The Morgan fingerprint density at radius 2 is 2.07 bits per heavy atom. The van der Waals surface area contributed by atoms with Crippen molar-refractivity contribution in [2.24, 2.45) is 0 Å². The summed E-state index contributed by atoms with van der Waals surface area (Å²) in [5.74, 6) is 0.596. The lowest BCUT2D eigenvalue weighted by atomic mass is 10.1. The fourth-order valence-corrected chi connectivity index (χ4v) is 5.18. The van der Waals surface area contributed by atoms with Gasteiger partial charge in [-0.2, -0.15) is 0 Å². The number of amides is 1. The highest BCUT2D eigenvalue weighted by Gasteiger charge is 2.33. The summed E-state index contributed by atoms with van der Waals surface area (Å²) in [6.45, 7) is 2.94. The standard InChI is InChI=1S/C21H24N2O5S/c1-14-12-17(27-2)6-8-20(14)29(25,26)22-16-5-7-18-15(13-16)9-10-23(18)21(24)19-4-3-11-28-19/h5-8,12-13,19,22H,3-4,9-11H2,1-2H3. The molecule has 7 nitrogen and oxygen atoms in total. The van der Waals surface area contributed by atoms with Crippen molar-refractivity contribution in [3.05, 3.63) is 47.5 Å². The molecule has 2 aliphatic heterocycles. The number of nitrogens with one attached hydrogen (secondary N) is 1. The molecule has 0 bridgehead atoms. The molecular formula is C21H24N2O5S.